The molecule has 3 rings (SSSR count). The zero-order valence-corrected chi connectivity index (χ0v) is 21.3. The van der Waals surface area contributed by atoms with Gasteiger partial charge in [-0.25, -0.2) is 0 Å². The Morgan fingerprint density at radius 2 is 0.750 bits per heavy atom. The molecule has 0 unspecified atom stereocenters. The van der Waals surface area contributed by atoms with E-state index in [0.717, 1.165) is 12.1 Å². The third kappa shape index (κ3) is 5.44. The molecule has 3 aromatic carbocycles. The fourth-order valence-electron chi connectivity index (χ4n) is 4.23. The smallest absolute Gasteiger partial charge is 0.192 e. The number of hydrogen-bond acceptors (Lipinski definition) is 8. The second kappa shape index (κ2) is 11.8. The average Bonchev–Trinajstić information content (AvgIpc) is 2.99. The average molecular weight is 592 g/mol. The summed E-state index contributed by atoms with van der Waals surface area (Å²) in [5.74, 6) is 0. The molecule has 0 aliphatic heterocycles. The highest BCUT2D eigenvalue weighted by atomic mass is 19.4. The molecule has 0 aliphatic carbocycles. The first-order valence-electron chi connectivity index (χ1n) is 11.4. The molecule has 0 aliphatic rings. The number of halogens is 6. The molecular formula is C30H6F6N8. The first-order chi connectivity index (χ1) is 20.7. The molecule has 0 spiro atoms. The van der Waals surface area contributed by atoms with Crippen molar-refractivity contribution in [3.8, 4) is 48.6 Å². The Balaban J connectivity index is 2.68. The maximum atomic E-state index is 14.0. The summed E-state index contributed by atoms with van der Waals surface area (Å²) >= 11 is 0. The number of nitrogens with zero attached hydrogens (tertiary/aromatic N) is 8. The Kier molecular flexibility index (Phi) is 8.42. The van der Waals surface area contributed by atoms with Gasteiger partial charge in [0, 0.05) is 21.6 Å². The molecule has 3 aromatic rings. The van der Waals surface area contributed by atoms with Crippen molar-refractivity contribution < 1.29 is 26.3 Å². The van der Waals surface area contributed by atoms with Crippen molar-refractivity contribution in [3.63, 3.8) is 0 Å². The Morgan fingerprint density at radius 1 is 0.455 bits per heavy atom. The van der Waals surface area contributed by atoms with Crippen LogP contribution in [0.5, 0.6) is 0 Å². The van der Waals surface area contributed by atoms with E-state index in [1.165, 1.54) is 48.6 Å². The van der Waals surface area contributed by atoms with Gasteiger partial charge < -0.3 is 0 Å². The molecule has 14 heteroatoms. The van der Waals surface area contributed by atoms with Gasteiger partial charge in [0.2, 0.25) is 0 Å². The van der Waals surface area contributed by atoms with E-state index in [2.05, 4.69) is 0 Å². The Labute approximate surface area is 243 Å². The van der Waals surface area contributed by atoms with Gasteiger partial charge in [-0.2, -0.15) is 68.4 Å². The van der Waals surface area contributed by atoms with Gasteiger partial charge in [0.25, 0.3) is 0 Å². The van der Waals surface area contributed by atoms with E-state index in [4.69, 9.17) is 0 Å². The minimum atomic E-state index is -5.17. The molecule has 0 bridgehead atoms. The maximum absolute atomic E-state index is 14.0. The first-order valence-corrected chi connectivity index (χ1v) is 11.4. The van der Waals surface area contributed by atoms with Crippen molar-refractivity contribution in [1.82, 2.24) is 0 Å². The van der Waals surface area contributed by atoms with Gasteiger partial charge in [-0.3, -0.25) is 0 Å². The number of alkyl halides is 6. The van der Waals surface area contributed by atoms with Crippen LogP contribution in [0.15, 0.2) is 36.4 Å². The number of benzene rings is 3. The third-order valence-corrected chi connectivity index (χ3v) is 6.14. The van der Waals surface area contributed by atoms with E-state index in [1.807, 2.05) is 0 Å². The van der Waals surface area contributed by atoms with Crippen molar-refractivity contribution in [3.05, 3.63) is 102 Å². The lowest BCUT2D eigenvalue weighted by Crippen LogP contribution is -2.24. The van der Waals surface area contributed by atoms with Crippen LogP contribution in [0, 0.1) is 90.6 Å². The lowest BCUT2D eigenvalue weighted by atomic mass is 9.89. The molecule has 0 saturated heterocycles. The third-order valence-electron chi connectivity index (χ3n) is 6.14. The van der Waals surface area contributed by atoms with Gasteiger partial charge in [-0.1, -0.05) is 12.1 Å². The lowest BCUT2D eigenvalue weighted by Gasteiger charge is -2.15. The normalized spacial score (nSPS) is 12.0. The summed E-state index contributed by atoms with van der Waals surface area (Å²) in [6.07, 6.45) is -10.3. The van der Waals surface area contributed by atoms with E-state index in [1.54, 1.807) is 0 Å². The Bertz CT molecular complexity index is 2080. The molecule has 208 valence electrons. The molecule has 0 fully saturated rings. The summed E-state index contributed by atoms with van der Waals surface area (Å²) in [6.45, 7) is 0. The first kappa shape index (κ1) is 31.4. The number of hydrogen-bond donors (Lipinski definition) is 0. The highest BCUT2D eigenvalue weighted by Crippen LogP contribution is 2.37. The largest absolute Gasteiger partial charge is 0.417 e. The van der Waals surface area contributed by atoms with Gasteiger partial charge in [0.1, 0.15) is 48.6 Å². The van der Waals surface area contributed by atoms with Gasteiger partial charge >= 0.3 is 12.4 Å². The van der Waals surface area contributed by atoms with Crippen LogP contribution in [0.3, 0.4) is 0 Å². The molecular weight excluding hydrogens is 586 g/mol. The van der Waals surface area contributed by atoms with Gasteiger partial charge in [0.15, 0.2) is 0 Å². The Hall–Kier alpha value is -7.10. The fourth-order valence-corrected chi connectivity index (χ4v) is 4.23. The summed E-state index contributed by atoms with van der Waals surface area (Å²) in [5.41, 5.74) is -10.7. The standard InChI is InChI=1S/C30H6F6N8/c31-29(32,33)27-5-17(9-39)15(7-37)3-21(27)23(11-41)19-1-2-20(26(14-44)25(19)13-43)24(12-42)22-4-16(8-38)18(10-40)6-28(22)30(34,35)36/h1-6H/b23-19-,24-20-. The fraction of sp³-hybridized carbons (Fsp3) is 0.0667. The zero-order valence-electron chi connectivity index (χ0n) is 21.3. The summed E-state index contributed by atoms with van der Waals surface area (Å²) in [4.78, 5) is 0. The molecule has 0 amide bonds. The highest BCUT2D eigenvalue weighted by molar-refractivity contribution is 5.84. The molecule has 0 N–H and O–H groups in total. The summed E-state index contributed by atoms with van der Waals surface area (Å²) in [6, 6.07) is 15.5. The SMILES string of the molecule is N#C/C(c1cc(C#N)c(C#N)cc1C(F)(F)F)=c1\cc/c(=C(\C#N)c2cc(C#N)c(C#N)cc2C(F)(F)F)c(C#N)c1C#N. The van der Waals surface area contributed by atoms with Crippen LogP contribution in [0.2, 0.25) is 0 Å². The maximum Gasteiger partial charge on any atom is 0.417 e. The summed E-state index contributed by atoms with van der Waals surface area (Å²) in [5, 5.41) is 75.5. The van der Waals surface area contributed by atoms with Crippen LogP contribution in [0.25, 0.3) is 11.1 Å². The predicted octanol–water partition coefficient (Wildman–Crippen LogP) is 4.40. The van der Waals surface area contributed by atoms with E-state index in [9.17, 15) is 68.4 Å². The monoisotopic (exact) mass is 592 g/mol. The molecule has 0 saturated carbocycles. The zero-order chi connectivity index (χ0) is 33.0. The molecule has 0 aromatic heterocycles. The lowest BCUT2D eigenvalue weighted by molar-refractivity contribution is -0.138. The molecule has 0 radical (unpaired) electrons. The highest BCUT2D eigenvalue weighted by Gasteiger charge is 2.37. The van der Waals surface area contributed by atoms with Gasteiger partial charge in [-0.15, -0.1) is 0 Å². The number of nitriles is 8. The van der Waals surface area contributed by atoms with Crippen molar-refractivity contribution >= 4 is 11.1 Å². The van der Waals surface area contributed by atoms with Crippen molar-refractivity contribution in [2.75, 3.05) is 0 Å². The quantitative estimate of drug-likeness (QED) is 0.391. The van der Waals surface area contributed by atoms with E-state index >= 15 is 0 Å². The van der Waals surface area contributed by atoms with Gasteiger partial charge in [-0.05, 0) is 24.3 Å². The topological polar surface area (TPSA) is 190 Å². The Morgan fingerprint density at radius 3 is 0.977 bits per heavy atom. The van der Waals surface area contributed by atoms with E-state index in [0.29, 0.717) is 24.3 Å². The van der Waals surface area contributed by atoms with Crippen LogP contribution < -0.4 is 10.4 Å². The molecule has 8 nitrogen and oxygen atoms in total. The van der Waals surface area contributed by atoms with Crippen LogP contribution in [0.1, 0.15) is 55.6 Å². The van der Waals surface area contributed by atoms with Crippen LogP contribution >= 0.6 is 0 Å². The second-order valence-corrected chi connectivity index (χ2v) is 8.44. The molecule has 44 heavy (non-hydrogen) atoms. The van der Waals surface area contributed by atoms with Crippen LogP contribution in [0.4, 0.5) is 26.3 Å². The van der Waals surface area contributed by atoms with Crippen molar-refractivity contribution in [1.29, 1.82) is 42.1 Å². The van der Waals surface area contributed by atoms with E-state index < -0.39 is 89.6 Å². The van der Waals surface area contributed by atoms with E-state index in [-0.39, 0.29) is 0 Å². The van der Waals surface area contributed by atoms with Crippen LogP contribution in [-0.2, 0) is 12.4 Å². The molecule has 0 atom stereocenters. The minimum Gasteiger partial charge on any atom is -0.192 e. The van der Waals surface area contributed by atoms with Gasteiger partial charge in [0.05, 0.1) is 55.7 Å². The minimum absolute atomic E-state index is 0.328. The summed E-state index contributed by atoms with van der Waals surface area (Å²) < 4.78 is 83.9. The van der Waals surface area contributed by atoms with Crippen LogP contribution in [-0.4, -0.2) is 0 Å². The predicted molar refractivity (Wildman–Crippen MR) is 133 cm³/mol. The summed E-state index contributed by atoms with van der Waals surface area (Å²) in [7, 11) is 0. The van der Waals surface area contributed by atoms with Crippen molar-refractivity contribution in [2.24, 2.45) is 0 Å². The number of rotatable bonds is 2. The molecule has 0 heterocycles. The second-order valence-electron chi connectivity index (χ2n) is 8.44. The van der Waals surface area contributed by atoms with Crippen molar-refractivity contribution in [2.45, 2.75) is 12.4 Å².